The summed E-state index contributed by atoms with van der Waals surface area (Å²) < 4.78 is 46.7. The standard InChI is InChI=1S/C16H12F3N3O4/c17-8-1-2-11(10(18)5-8)21-14-9(16(24)22-26-4-3-23)6-12-15(13(14)19)20-7-25-12/h1-2,5-7,21,23H,3-4H2,(H,22,24). The third-order valence-corrected chi connectivity index (χ3v) is 3.36. The van der Waals surface area contributed by atoms with E-state index in [4.69, 9.17) is 14.4 Å². The highest BCUT2D eigenvalue weighted by molar-refractivity contribution is 6.03. The van der Waals surface area contributed by atoms with Gasteiger partial charge in [0.25, 0.3) is 5.91 Å². The van der Waals surface area contributed by atoms with E-state index in [0.29, 0.717) is 6.07 Å². The van der Waals surface area contributed by atoms with Crippen molar-refractivity contribution in [3.63, 3.8) is 0 Å². The molecule has 3 aromatic rings. The average Bonchev–Trinajstić information content (AvgIpc) is 3.08. The summed E-state index contributed by atoms with van der Waals surface area (Å²) in [6.07, 6.45) is 0.986. The summed E-state index contributed by atoms with van der Waals surface area (Å²) in [5, 5.41) is 11.1. The smallest absolute Gasteiger partial charge is 0.277 e. The first-order chi connectivity index (χ1) is 12.5. The molecule has 0 atom stereocenters. The molecule has 7 nitrogen and oxygen atoms in total. The van der Waals surface area contributed by atoms with E-state index in [1.807, 2.05) is 5.48 Å². The van der Waals surface area contributed by atoms with Crippen LogP contribution < -0.4 is 10.8 Å². The number of benzene rings is 2. The Labute approximate surface area is 144 Å². The maximum Gasteiger partial charge on any atom is 0.277 e. The van der Waals surface area contributed by atoms with E-state index < -0.39 is 29.0 Å². The predicted molar refractivity (Wildman–Crippen MR) is 84.1 cm³/mol. The van der Waals surface area contributed by atoms with Crippen LogP contribution in [0, 0.1) is 17.5 Å². The van der Waals surface area contributed by atoms with Crippen LogP contribution in [0.5, 0.6) is 0 Å². The molecule has 0 fully saturated rings. The van der Waals surface area contributed by atoms with E-state index >= 15 is 0 Å². The molecule has 0 unspecified atom stereocenters. The van der Waals surface area contributed by atoms with E-state index in [-0.39, 0.29) is 35.6 Å². The van der Waals surface area contributed by atoms with Crippen molar-refractivity contribution in [2.75, 3.05) is 18.5 Å². The molecule has 0 saturated carbocycles. The molecule has 0 aliphatic carbocycles. The molecule has 0 aliphatic rings. The first-order valence-electron chi connectivity index (χ1n) is 7.32. The van der Waals surface area contributed by atoms with Gasteiger partial charge in [-0.15, -0.1) is 0 Å². The minimum Gasteiger partial charge on any atom is -0.443 e. The number of amides is 1. The van der Waals surface area contributed by atoms with E-state index in [1.165, 1.54) is 6.07 Å². The zero-order valence-corrected chi connectivity index (χ0v) is 13.1. The third kappa shape index (κ3) is 3.46. The highest BCUT2D eigenvalue weighted by Gasteiger charge is 2.22. The van der Waals surface area contributed by atoms with Crippen LogP contribution in [-0.4, -0.2) is 29.2 Å². The van der Waals surface area contributed by atoms with Gasteiger partial charge in [0.1, 0.15) is 17.2 Å². The number of nitrogens with one attached hydrogen (secondary N) is 2. The predicted octanol–water partition coefficient (Wildman–Crippen LogP) is 2.64. The number of carbonyl (C=O) groups excluding carboxylic acids is 1. The van der Waals surface area contributed by atoms with Gasteiger partial charge >= 0.3 is 0 Å². The molecule has 0 bridgehead atoms. The molecule has 1 heterocycles. The van der Waals surface area contributed by atoms with Gasteiger partial charge in [-0.2, -0.15) is 0 Å². The van der Waals surface area contributed by atoms with Crippen LogP contribution in [0.25, 0.3) is 11.1 Å². The molecular formula is C16H12F3N3O4. The van der Waals surface area contributed by atoms with E-state index in [1.54, 1.807) is 0 Å². The Bertz CT molecular complexity index is 961. The van der Waals surface area contributed by atoms with Crippen LogP contribution in [0.2, 0.25) is 0 Å². The van der Waals surface area contributed by atoms with Crippen molar-refractivity contribution in [3.05, 3.63) is 53.7 Å². The molecule has 136 valence electrons. The van der Waals surface area contributed by atoms with Gasteiger partial charge in [-0.25, -0.2) is 23.6 Å². The Hall–Kier alpha value is -3.11. The maximum atomic E-state index is 14.8. The lowest BCUT2D eigenvalue weighted by Crippen LogP contribution is -2.26. The Kier molecular flexibility index (Phi) is 5.05. The van der Waals surface area contributed by atoms with Gasteiger partial charge < -0.3 is 14.8 Å². The molecule has 0 saturated heterocycles. The summed E-state index contributed by atoms with van der Waals surface area (Å²) in [7, 11) is 0. The molecule has 3 rings (SSSR count). The van der Waals surface area contributed by atoms with Crippen molar-refractivity contribution in [3.8, 4) is 0 Å². The number of oxazole rings is 1. The van der Waals surface area contributed by atoms with Crippen LogP contribution in [0.15, 0.2) is 35.1 Å². The van der Waals surface area contributed by atoms with Crippen LogP contribution in [0.1, 0.15) is 10.4 Å². The number of nitrogens with zero attached hydrogens (tertiary/aromatic N) is 1. The summed E-state index contributed by atoms with van der Waals surface area (Å²) in [5.41, 5.74) is 0.898. The molecule has 0 aliphatic heterocycles. The van der Waals surface area contributed by atoms with E-state index in [9.17, 15) is 18.0 Å². The first kappa shape index (κ1) is 17.7. The van der Waals surface area contributed by atoms with Gasteiger partial charge in [-0.05, 0) is 18.2 Å². The number of hydroxylamine groups is 1. The molecule has 1 aromatic heterocycles. The van der Waals surface area contributed by atoms with Gasteiger partial charge in [0.15, 0.2) is 17.8 Å². The summed E-state index contributed by atoms with van der Waals surface area (Å²) in [6, 6.07) is 3.83. The van der Waals surface area contributed by atoms with Gasteiger partial charge in [0.05, 0.1) is 30.2 Å². The molecule has 1 amide bonds. The van der Waals surface area contributed by atoms with Crippen molar-refractivity contribution in [1.29, 1.82) is 0 Å². The molecule has 26 heavy (non-hydrogen) atoms. The number of anilines is 2. The van der Waals surface area contributed by atoms with Gasteiger partial charge in [-0.3, -0.25) is 9.63 Å². The number of hydrogen-bond acceptors (Lipinski definition) is 6. The zero-order chi connectivity index (χ0) is 18.7. The second-order valence-corrected chi connectivity index (χ2v) is 5.06. The van der Waals surface area contributed by atoms with Crippen molar-refractivity contribution < 1.29 is 32.3 Å². The van der Waals surface area contributed by atoms with Gasteiger partial charge in [0.2, 0.25) is 0 Å². The minimum absolute atomic E-state index is 0.0139. The highest BCUT2D eigenvalue weighted by Crippen LogP contribution is 2.31. The van der Waals surface area contributed by atoms with Crippen LogP contribution in [0.4, 0.5) is 24.5 Å². The topological polar surface area (TPSA) is 96.6 Å². The Morgan fingerprint density at radius 3 is 2.81 bits per heavy atom. The zero-order valence-electron chi connectivity index (χ0n) is 13.1. The second kappa shape index (κ2) is 7.42. The van der Waals surface area contributed by atoms with Gasteiger partial charge in [0, 0.05) is 6.07 Å². The van der Waals surface area contributed by atoms with Crippen molar-refractivity contribution in [2.45, 2.75) is 0 Å². The third-order valence-electron chi connectivity index (χ3n) is 3.36. The fourth-order valence-electron chi connectivity index (χ4n) is 2.21. The SMILES string of the molecule is O=C(NOCCO)c1cc2ocnc2c(F)c1Nc1ccc(F)cc1F. The molecule has 0 spiro atoms. The molecular weight excluding hydrogens is 355 g/mol. The fourth-order valence-corrected chi connectivity index (χ4v) is 2.21. The van der Waals surface area contributed by atoms with E-state index in [0.717, 1.165) is 18.5 Å². The fraction of sp³-hybridized carbons (Fsp3) is 0.125. The van der Waals surface area contributed by atoms with Crippen LogP contribution in [0.3, 0.4) is 0 Å². The Morgan fingerprint density at radius 1 is 1.27 bits per heavy atom. The maximum absolute atomic E-state index is 14.8. The number of rotatable bonds is 6. The summed E-state index contributed by atoms with van der Waals surface area (Å²) in [5.74, 6) is -3.63. The number of aliphatic hydroxyl groups is 1. The molecule has 2 aromatic carbocycles. The first-order valence-corrected chi connectivity index (χ1v) is 7.32. The summed E-state index contributed by atoms with van der Waals surface area (Å²) in [4.78, 5) is 20.7. The molecule has 3 N–H and O–H groups in total. The monoisotopic (exact) mass is 367 g/mol. The molecule has 10 heteroatoms. The van der Waals surface area contributed by atoms with Crippen LogP contribution >= 0.6 is 0 Å². The largest absolute Gasteiger partial charge is 0.443 e. The summed E-state index contributed by atoms with van der Waals surface area (Å²) in [6.45, 7) is -0.532. The number of aliphatic hydroxyl groups excluding tert-OH is 1. The number of fused-ring (bicyclic) bond motifs is 1. The number of carbonyl (C=O) groups is 1. The Balaban J connectivity index is 2.04. The second-order valence-electron chi connectivity index (χ2n) is 5.06. The average molecular weight is 367 g/mol. The highest BCUT2D eigenvalue weighted by atomic mass is 19.1. The van der Waals surface area contributed by atoms with Crippen molar-refractivity contribution in [2.24, 2.45) is 0 Å². The lowest BCUT2D eigenvalue weighted by atomic mass is 10.1. The number of hydrogen-bond donors (Lipinski definition) is 3. The van der Waals surface area contributed by atoms with E-state index in [2.05, 4.69) is 10.3 Å². The lowest BCUT2D eigenvalue weighted by molar-refractivity contribution is 0.0169. The van der Waals surface area contributed by atoms with Crippen LogP contribution in [-0.2, 0) is 4.84 Å². The minimum atomic E-state index is -0.979. The normalized spacial score (nSPS) is 10.9. The number of halogens is 3. The van der Waals surface area contributed by atoms with Crippen molar-refractivity contribution in [1.82, 2.24) is 10.5 Å². The quantitative estimate of drug-likeness (QED) is 0.458. The Morgan fingerprint density at radius 2 is 2.08 bits per heavy atom. The van der Waals surface area contributed by atoms with Crippen molar-refractivity contribution >= 4 is 28.4 Å². The van der Waals surface area contributed by atoms with Gasteiger partial charge in [-0.1, -0.05) is 0 Å². The summed E-state index contributed by atoms with van der Waals surface area (Å²) >= 11 is 0. The molecule has 0 radical (unpaired) electrons. The lowest BCUT2D eigenvalue weighted by Gasteiger charge is -2.14. The number of aromatic nitrogens is 1.